The molecule has 6 heteroatoms. The van der Waals surface area contributed by atoms with Gasteiger partial charge in [-0.25, -0.2) is 8.78 Å². The van der Waals surface area contributed by atoms with Crippen LogP contribution in [0.25, 0.3) is 0 Å². The number of hydrogen-bond acceptors (Lipinski definition) is 2. The highest BCUT2D eigenvalue weighted by molar-refractivity contribution is 9.09. The Balaban J connectivity index is 1.96. The molecule has 1 heterocycles. The molecule has 1 fully saturated rings. The summed E-state index contributed by atoms with van der Waals surface area (Å²) >= 11 is 3.29. The van der Waals surface area contributed by atoms with Gasteiger partial charge in [0.25, 0.3) is 5.91 Å². The first-order valence-electron chi connectivity index (χ1n) is 6.53. The zero-order valence-corrected chi connectivity index (χ0v) is 12.5. The number of ether oxygens (including phenoxy) is 1. The van der Waals surface area contributed by atoms with Gasteiger partial charge in [0.1, 0.15) is 11.6 Å². The molecule has 0 saturated carbocycles. The van der Waals surface area contributed by atoms with Crippen molar-refractivity contribution < 1.29 is 18.3 Å². The fourth-order valence-corrected chi connectivity index (χ4v) is 2.46. The van der Waals surface area contributed by atoms with Gasteiger partial charge in [-0.15, -0.1) is 0 Å². The van der Waals surface area contributed by atoms with Crippen molar-refractivity contribution in [1.82, 2.24) is 4.90 Å². The standard InChI is InChI=1S/C14H16BrF2NO2/c15-5-8-20-11-3-6-18(7-4-11)14(19)12-9-10(16)1-2-13(12)17/h1-2,9,11H,3-8H2. The lowest BCUT2D eigenvalue weighted by Crippen LogP contribution is -2.41. The first-order valence-corrected chi connectivity index (χ1v) is 7.66. The highest BCUT2D eigenvalue weighted by atomic mass is 79.9. The molecule has 0 atom stereocenters. The predicted molar refractivity (Wildman–Crippen MR) is 75.0 cm³/mol. The van der Waals surface area contributed by atoms with Crippen molar-refractivity contribution in [1.29, 1.82) is 0 Å². The van der Waals surface area contributed by atoms with Crippen LogP contribution in [-0.2, 0) is 4.74 Å². The Morgan fingerprint density at radius 1 is 1.35 bits per heavy atom. The monoisotopic (exact) mass is 347 g/mol. The van der Waals surface area contributed by atoms with Crippen molar-refractivity contribution in [2.24, 2.45) is 0 Å². The third-order valence-corrected chi connectivity index (χ3v) is 3.64. The maximum absolute atomic E-state index is 13.6. The van der Waals surface area contributed by atoms with Gasteiger partial charge < -0.3 is 9.64 Å². The van der Waals surface area contributed by atoms with Gasteiger partial charge in [0.2, 0.25) is 0 Å². The van der Waals surface area contributed by atoms with Crippen molar-refractivity contribution in [2.75, 3.05) is 25.0 Å². The Labute approximate surface area is 125 Å². The molecule has 0 bridgehead atoms. The molecule has 1 aliphatic heterocycles. The normalized spacial score (nSPS) is 16.4. The van der Waals surface area contributed by atoms with Crippen LogP contribution in [0.3, 0.4) is 0 Å². The Morgan fingerprint density at radius 3 is 2.70 bits per heavy atom. The number of carbonyl (C=O) groups is 1. The van der Waals surface area contributed by atoms with E-state index in [9.17, 15) is 13.6 Å². The van der Waals surface area contributed by atoms with Crippen LogP contribution in [0, 0.1) is 11.6 Å². The lowest BCUT2D eigenvalue weighted by atomic mass is 10.1. The molecule has 110 valence electrons. The zero-order chi connectivity index (χ0) is 14.5. The quantitative estimate of drug-likeness (QED) is 0.783. The minimum Gasteiger partial charge on any atom is -0.377 e. The van der Waals surface area contributed by atoms with Crippen LogP contribution in [0.15, 0.2) is 18.2 Å². The van der Waals surface area contributed by atoms with Gasteiger partial charge in [0.05, 0.1) is 18.3 Å². The molecule has 0 N–H and O–H groups in total. The van der Waals surface area contributed by atoms with E-state index < -0.39 is 17.5 Å². The topological polar surface area (TPSA) is 29.5 Å². The minimum absolute atomic E-state index is 0.133. The second kappa shape index (κ2) is 7.13. The highest BCUT2D eigenvalue weighted by Crippen LogP contribution is 2.18. The van der Waals surface area contributed by atoms with Crippen LogP contribution in [0.5, 0.6) is 0 Å². The maximum Gasteiger partial charge on any atom is 0.256 e. The van der Waals surface area contributed by atoms with E-state index in [4.69, 9.17) is 4.74 Å². The summed E-state index contributed by atoms with van der Waals surface area (Å²) < 4.78 is 32.3. The molecule has 1 aromatic rings. The number of benzene rings is 1. The first-order chi connectivity index (χ1) is 9.61. The van der Waals surface area contributed by atoms with Crippen LogP contribution in [0.1, 0.15) is 23.2 Å². The summed E-state index contributed by atoms with van der Waals surface area (Å²) in [5.41, 5.74) is -0.204. The second-order valence-corrected chi connectivity index (χ2v) is 5.47. The third-order valence-electron chi connectivity index (χ3n) is 3.32. The molecule has 0 spiro atoms. The van der Waals surface area contributed by atoms with Crippen LogP contribution in [-0.4, -0.2) is 41.9 Å². The average molecular weight is 348 g/mol. The van der Waals surface area contributed by atoms with Gasteiger partial charge in [-0.3, -0.25) is 4.79 Å². The number of piperidine rings is 1. The van der Waals surface area contributed by atoms with Gasteiger partial charge in [-0.2, -0.15) is 0 Å². The summed E-state index contributed by atoms with van der Waals surface area (Å²) in [6.45, 7) is 1.64. The van der Waals surface area contributed by atoms with E-state index in [1.165, 1.54) is 0 Å². The molecule has 0 aromatic heterocycles. The fraction of sp³-hybridized carbons (Fsp3) is 0.500. The van der Waals surface area contributed by atoms with E-state index in [2.05, 4.69) is 15.9 Å². The molecule has 2 rings (SSSR count). The van der Waals surface area contributed by atoms with Gasteiger partial charge in [0, 0.05) is 18.4 Å². The second-order valence-electron chi connectivity index (χ2n) is 4.68. The van der Waals surface area contributed by atoms with Crippen molar-refractivity contribution in [3.05, 3.63) is 35.4 Å². The van der Waals surface area contributed by atoms with Crippen LogP contribution >= 0.6 is 15.9 Å². The lowest BCUT2D eigenvalue weighted by molar-refractivity contribution is 0.0158. The highest BCUT2D eigenvalue weighted by Gasteiger charge is 2.25. The number of halogens is 3. The van der Waals surface area contributed by atoms with E-state index in [0.29, 0.717) is 19.7 Å². The van der Waals surface area contributed by atoms with E-state index in [1.54, 1.807) is 4.90 Å². The number of rotatable bonds is 4. The molecule has 0 aliphatic carbocycles. The first kappa shape index (κ1) is 15.4. The van der Waals surface area contributed by atoms with E-state index in [1.807, 2.05) is 0 Å². The Morgan fingerprint density at radius 2 is 2.05 bits per heavy atom. The number of amides is 1. The number of hydrogen-bond donors (Lipinski definition) is 0. The van der Waals surface area contributed by atoms with Gasteiger partial charge in [-0.1, -0.05) is 15.9 Å². The van der Waals surface area contributed by atoms with Crippen molar-refractivity contribution in [2.45, 2.75) is 18.9 Å². The largest absolute Gasteiger partial charge is 0.377 e. The third kappa shape index (κ3) is 3.76. The molecule has 0 radical (unpaired) electrons. The summed E-state index contributed by atoms with van der Waals surface area (Å²) in [6, 6.07) is 2.94. The summed E-state index contributed by atoms with van der Waals surface area (Å²) in [5.74, 6) is -1.75. The predicted octanol–water partition coefficient (Wildman–Crippen LogP) is 2.98. The molecule has 1 amide bonds. The van der Waals surface area contributed by atoms with Crippen molar-refractivity contribution in [3.63, 3.8) is 0 Å². The number of carbonyl (C=O) groups excluding carboxylic acids is 1. The van der Waals surface area contributed by atoms with Gasteiger partial charge in [-0.05, 0) is 31.0 Å². The molecule has 3 nitrogen and oxygen atoms in total. The Hall–Kier alpha value is -1.01. The van der Waals surface area contributed by atoms with Gasteiger partial charge in [0.15, 0.2) is 0 Å². The van der Waals surface area contributed by atoms with E-state index in [-0.39, 0.29) is 11.7 Å². The maximum atomic E-state index is 13.6. The minimum atomic E-state index is -0.686. The van der Waals surface area contributed by atoms with Crippen molar-refractivity contribution >= 4 is 21.8 Å². The number of alkyl halides is 1. The summed E-state index contributed by atoms with van der Waals surface area (Å²) in [7, 11) is 0. The number of nitrogens with zero attached hydrogens (tertiary/aromatic N) is 1. The fourth-order valence-electron chi connectivity index (χ4n) is 2.27. The summed E-state index contributed by atoms with van der Waals surface area (Å²) in [4.78, 5) is 13.7. The molecule has 1 saturated heterocycles. The van der Waals surface area contributed by atoms with Crippen LogP contribution in [0.2, 0.25) is 0 Å². The molecule has 1 aliphatic rings. The average Bonchev–Trinajstić information content (AvgIpc) is 2.47. The SMILES string of the molecule is O=C(c1cc(F)ccc1F)N1CCC(OCCBr)CC1. The van der Waals surface area contributed by atoms with Gasteiger partial charge >= 0.3 is 0 Å². The molecule has 0 unspecified atom stereocenters. The van der Waals surface area contributed by atoms with Crippen LogP contribution < -0.4 is 0 Å². The van der Waals surface area contributed by atoms with E-state index in [0.717, 1.165) is 36.4 Å². The summed E-state index contributed by atoms with van der Waals surface area (Å²) in [5, 5.41) is 0.778. The van der Waals surface area contributed by atoms with Crippen LogP contribution in [0.4, 0.5) is 8.78 Å². The molecular weight excluding hydrogens is 332 g/mol. The summed E-state index contributed by atoms with van der Waals surface area (Å²) in [6.07, 6.45) is 1.57. The number of likely N-dealkylation sites (tertiary alicyclic amines) is 1. The zero-order valence-electron chi connectivity index (χ0n) is 10.9. The molecular formula is C14H16BrF2NO2. The molecule has 1 aromatic carbocycles. The van der Waals surface area contributed by atoms with E-state index >= 15 is 0 Å². The molecule has 20 heavy (non-hydrogen) atoms. The Bertz CT molecular complexity index is 476. The van der Waals surface area contributed by atoms with Crippen molar-refractivity contribution in [3.8, 4) is 0 Å². The Kier molecular flexibility index (Phi) is 5.48. The lowest BCUT2D eigenvalue weighted by Gasteiger charge is -2.32. The smallest absolute Gasteiger partial charge is 0.256 e.